The van der Waals surface area contributed by atoms with Crippen LogP contribution < -0.4 is 10.6 Å². The maximum absolute atomic E-state index is 14.5. The van der Waals surface area contributed by atoms with Crippen LogP contribution in [-0.2, 0) is 20.7 Å². The van der Waals surface area contributed by atoms with Crippen molar-refractivity contribution in [3.63, 3.8) is 0 Å². The summed E-state index contributed by atoms with van der Waals surface area (Å²) in [6.45, 7) is 17.0. The van der Waals surface area contributed by atoms with E-state index in [1.165, 1.54) is 4.90 Å². The zero-order chi connectivity index (χ0) is 31.0. The fourth-order valence-electron chi connectivity index (χ4n) is 4.89. The standard InChI is InChI=1S/C35H43N3O4/c1-9-21-38(33(40)29(22-27-18-11-10-12-19-27)36-34(41)42-35(6,7)8)31(28-20-14-15-23(2)26(28)5)32(39)37-30-24(3)16-13-17-25(30)4/h9-20,29,31H,1,21-22H2,2-8H3,(H,36,41)(H,37,39). The molecule has 0 aliphatic carbocycles. The Kier molecular flexibility index (Phi) is 10.7. The molecule has 0 spiro atoms. The monoisotopic (exact) mass is 569 g/mol. The van der Waals surface area contributed by atoms with Crippen molar-refractivity contribution in [1.82, 2.24) is 10.2 Å². The van der Waals surface area contributed by atoms with Crippen LogP contribution in [0.25, 0.3) is 0 Å². The smallest absolute Gasteiger partial charge is 0.408 e. The summed E-state index contributed by atoms with van der Waals surface area (Å²) in [7, 11) is 0. The van der Waals surface area contributed by atoms with Gasteiger partial charge in [0.05, 0.1) is 0 Å². The van der Waals surface area contributed by atoms with E-state index in [0.717, 1.165) is 27.8 Å². The number of carbonyl (C=O) groups is 3. The minimum Gasteiger partial charge on any atom is -0.444 e. The van der Waals surface area contributed by atoms with E-state index in [9.17, 15) is 14.4 Å². The van der Waals surface area contributed by atoms with Gasteiger partial charge in [-0.3, -0.25) is 9.59 Å². The predicted octanol–water partition coefficient (Wildman–Crippen LogP) is 6.75. The zero-order valence-electron chi connectivity index (χ0n) is 25.8. The first-order valence-electron chi connectivity index (χ1n) is 14.2. The third-order valence-corrected chi connectivity index (χ3v) is 7.11. The molecule has 7 heteroatoms. The highest BCUT2D eigenvalue weighted by molar-refractivity contribution is 6.00. The van der Waals surface area contributed by atoms with E-state index < -0.39 is 29.7 Å². The fourth-order valence-corrected chi connectivity index (χ4v) is 4.89. The number of para-hydroxylation sites is 1. The van der Waals surface area contributed by atoms with Crippen molar-refractivity contribution in [3.8, 4) is 0 Å². The van der Waals surface area contributed by atoms with Crippen LogP contribution in [0.1, 0.15) is 60.2 Å². The second-order valence-corrected chi connectivity index (χ2v) is 11.6. The average molecular weight is 570 g/mol. The molecule has 0 aromatic heterocycles. The van der Waals surface area contributed by atoms with Crippen LogP contribution in [0.15, 0.2) is 79.4 Å². The van der Waals surface area contributed by atoms with Gasteiger partial charge in [-0.2, -0.15) is 0 Å². The third-order valence-electron chi connectivity index (χ3n) is 7.11. The maximum Gasteiger partial charge on any atom is 0.408 e. The van der Waals surface area contributed by atoms with Gasteiger partial charge in [-0.05, 0) is 81.8 Å². The summed E-state index contributed by atoms with van der Waals surface area (Å²) in [4.78, 5) is 43.1. The van der Waals surface area contributed by atoms with Gasteiger partial charge in [0.25, 0.3) is 5.91 Å². The quantitative estimate of drug-likeness (QED) is 0.264. The van der Waals surface area contributed by atoms with E-state index in [4.69, 9.17) is 4.74 Å². The molecule has 3 aromatic rings. The van der Waals surface area contributed by atoms with Crippen LogP contribution >= 0.6 is 0 Å². The number of carbonyl (C=O) groups excluding carboxylic acids is 3. The Morgan fingerprint density at radius 3 is 2.07 bits per heavy atom. The summed E-state index contributed by atoms with van der Waals surface area (Å²) in [5.74, 6) is -0.779. The van der Waals surface area contributed by atoms with Crippen LogP contribution in [0.5, 0.6) is 0 Å². The van der Waals surface area contributed by atoms with Crippen molar-refractivity contribution in [2.24, 2.45) is 0 Å². The third kappa shape index (κ3) is 8.32. The Labute approximate surface area is 250 Å². The van der Waals surface area contributed by atoms with Crippen LogP contribution in [0.3, 0.4) is 0 Å². The molecule has 0 heterocycles. The van der Waals surface area contributed by atoms with Crippen LogP contribution in [-0.4, -0.2) is 41.0 Å². The molecule has 0 aliphatic heterocycles. The van der Waals surface area contributed by atoms with E-state index in [0.29, 0.717) is 11.3 Å². The van der Waals surface area contributed by atoms with Gasteiger partial charge < -0.3 is 20.3 Å². The molecule has 0 radical (unpaired) electrons. The van der Waals surface area contributed by atoms with Gasteiger partial charge in [-0.15, -0.1) is 6.58 Å². The van der Waals surface area contributed by atoms with Gasteiger partial charge in [0.1, 0.15) is 17.7 Å². The van der Waals surface area contributed by atoms with E-state index in [1.54, 1.807) is 26.8 Å². The van der Waals surface area contributed by atoms with Crippen molar-refractivity contribution in [1.29, 1.82) is 0 Å². The van der Waals surface area contributed by atoms with Crippen LogP contribution in [0, 0.1) is 27.7 Å². The molecule has 0 fully saturated rings. The molecular weight excluding hydrogens is 526 g/mol. The van der Waals surface area contributed by atoms with Gasteiger partial charge in [0, 0.05) is 18.7 Å². The lowest BCUT2D eigenvalue weighted by Gasteiger charge is -2.35. The number of hydrogen-bond acceptors (Lipinski definition) is 4. The first kappa shape index (κ1) is 32.1. The number of rotatable bonds is 10. The molecule has 3 rings (SSSR count). The maximum atomic E-state index is 14.5. The number of hydrogen-bond donors (Lipinski definition) is 2. The first-order valence-corrected chi connectivity index (χ1v) is 14.2. The highest BCUT2D eigenvalue weighted by Crippen LogP contribution is 2.30. The van der Waals surface area contributed by atoms with Crippen molar-refractivity contribution in [2.75, 3.05) is 11.9 Å². The second kappa shape index (κ2) is 14.0. The Bertz CT molecular complexity index is 1410. The molecule has 2 atom stereocenters. The summed E-state index contributed by atoms with van der Waals surface area (Å²) < 4.78 is 5.51. The summed E-state index contributed by atoms with van der Waals surface area (Å²) >= 11 is 0. The first-order chi connectivity index (χ1) is 19.8. The van der Waals surface area contributed by atoms with E-state index in [-0.39, 0.29) is 18.9 Å². The molecule has 222 valence electrons. The molecule has 0 saturated heterocycles. The Balaban J connectivity index is 2.11. The number of alkyl carbamates (subject to hydrolysis) is 1. The second-order valence-electron chi connectivity index (χ2n) is 11.6. The Morgan fingerprint density at radius 1 is 0.881 bits per heavy atom. The molecule has 42 heavy (non-hydrogen) atoms. The number of aryl methyl sites for hydroxylation is 3. The fraction of sp³-hybridized carbons (Fsp3) is 0.343. The van der Waals surface area contributed by atoms with E-state index in [2.05, 4.69) is 17.2 Å². The molecule has 3 aromatic carbocycles. The van der Waals surface area contributed by atoms with Gasteiger partial charge in [0.15, 0.2) is 0 Å². The van der Waals surface area contributed by atoms with Crippen molar-refractivity contribution in [2.45, 2.75) is 72.6 Å². The van der Waals surface area contributed by atoms with Crippen LogP contribution in [0.4, 0.5) is 10.5 Å². The van der Waals surface area contributed by atoms with Crippen molar-refractivity contribution >= 4 is 23.6 Å². The van der Waals surface area contributed by atoms with E-state index in [1.807, 2.05) is 94.4 Å². The predicted molar refractivity (Wildman–Crippen MR) is 168 cm³/mol. The molecule has 0 saturated carbocycles. The summed E-state index contributed by atoms with van der Waals surface area (Å²) in [6, 6.07) is 19.0. The van der Waals surface area contributed by atoms with Crippen LogP contribution in [0.2, 0.25) is 0 Å². The van der Waals surface area contributed by atoms with Gasteiger partial charge in [0.2, 0.25) is 5.91 Å². The molecular formula is C35H43N3O4. The van der Waals surface area contributed by atoms with Crippen molar-refractivity contribution < 1.29 is 19.1 Å². The minimum atomic E-state index is -0.997. The highest BCUT2D eigenvalue weighted by Gasteiger charge is 2.37. The number of ether oxygens (including phenoxy) is 1. The Morgan fingerprint density at radius 2 is 1.48 bits per heavy atom. The van der Waals surface area contributed by atoms with Gasteiger partial charge in [-0.25, -0.2) is 4.79 Å². The van der Waals surface area contributed by atoms with Crippen molar-refractivity contribution in [3.05, 3.63) is 113 Å². The Hall–Kier alpha value is -4.39. The molecule has 0 aliphatic rings. The lowest BCUT2D eigenvalue weighted by molar-refractivity contribution is -0.140. The summed E-state index contributed by atoms with van der Waals surface area (Å²) in [5, 5.41) is 5.88. The topological polar surface area (TPSA) is 87.7 Å². The zero-order valence-corrected chi connectivity index (χ0v) is 25.8. The minimum absolute atomic E-state index is 0.0817. The number of nitrogens with one attached hydrogen (secondary N) is 2. The molecule has 3 amide bonds. The molecule has 2 N–H and O–H groups in total. The average Bonchev–Trinajstić information content (AvgIpc) is 2.91. The van der Waals surface area contributed by atoms with Gasteiger partial charge in [-0.1, -0.05) is 72.8 Å². The largest absolute Gasteiger partial charge is 0.444 e. The normalized spacial score (nSPS) is 12.5. The number of amides is 3. The summed E-state index contributed by atoms with van der Waals surface area (Å²) in [6.07, 6.45) is 1.10. The SMILES string of the molecule is C=CCN(C(=O)C(Cc1ccccc1)NC(=O)OC(C)(C)C)C(C(=O)Nc1c(C)cccc1C)c1cccc(C)c1C. The lowest BCUT2D eigenvalue weighted by atomic mass is 9.94. The number of benzene rings is 3. The molecule has 7 nitrogen and oxygen atoms in total. The van der Waals surface area contributed by atoms with E-state index >= 15 is 0 Å². The molecule has 2 unspecified atom stereocenters. The van der Waals surface area contributed by atoms with Gasteiger partial charge >= 0.3 is 6.09 Å². The molecule has 0 bridgehead atoms. The highest BCUT2D eigenvalue weighted by atomic mass is 16.6. The lowest BCUT2D eigenvalue weighted by Crippen LogP contribution is -2.53. The number of nitrogens with zero attached hydrogens (tertiary/aromatic N) is 1. The number of anilines is 1. The summed E-state index contributed by atoms with van der Waals surface area (Å²) in [5.41, 5.74) is 5.24.